The third kappa shape index (κ3) is 2.72. The Hall–Kier alpha value is -2.59. The second kappa shape index (κ2) is 6.37. The van der Waals surface area contributed by atoms with Gasteiger partial charge in [0.05, 0.1) is 11.2 Å². The summed E-state index contributed by atoms with van der Waals surface area (Å²) in [7, 11) is 0. The first kappa shape index (κ1) is 15.9. The molecule has 0 radical (unpaired) electrons. The van der Waals surface area contributed by atoms with Gasteiger partial charge in [0.15, 0.2) is 0 Å². The molecule has 1 aliphatic heterocycles. The molecular formula is C20H17ClFN3. The third-order valence-electron chi connectivity index (χ3n) is 4.81. The number of H-pyrrole nitrogens is 1. The fourth-order valence-electron chi connectivity index (χ4n) is 3.47. The Kier molecular flexibility index (Phi) is 4.06. The minimum Gasteiger partial charge on any atom is -0.391 e. The van der Waals surface area contributed by atoms with Crippen molar-refractivity contribution in [2.75, 3.05) is 6.54 Å². The van der Waals surface area contributed by atoms with E-state index in [1.807, 2.05) is 18.5 Å². The minimum absolute atomic E-state index is 0.188. The molecule has 1 atom stereocenters. The van der Waals surface area contributed by atoms with Crippen molar-refractivity contribution < 1.29 is 4.39 Å². The summed E-state index contributed by atoms with van der Waals surface area (Å²) < 4.78 is 14.1. The maximum Gasteiger partial charge on any atom is 0.142 e. The van der Waals surface area contributed by atoms with Gasteiger partial charge in [-0.25, -0.2) is 4.39 Å². The average molecular weight is 354 g/mol. The van der Waals surface area contributed by atoms with E-state index in [4.69, 9.17) is 11.6 Å². The van der Waals surface area contributed by atoms with Gasteiger partial charge in [0.25, 0.3) is 0 Å². The topological polar surface area (TPSA) is 40.7 Å². The Balaban J connectivity index is 1.84. The molecule has 0 bridgehead atoms. The van der Waals surface area contributed by atoms with Crippen LogP contribution in [0.2, 0.25) is 5.02 Å². The number of aromatic amines is 1. The van der Waals surface area contributed by atoms with Crippen molar-refractivity contribution in [2.24, 2.45) is 0 Å². The van der Waals surface area contributed by atoms with Crippen LogP contribution in [0.4, 0.5) is 4.39 Å². The van der Waals surface area contributed by atoms with Crippen molar-refractivity contribution in [2.45, 2.75) is 11.8 Å². The van der Waals surface area contributed by atoms with E-state index in [1.165, 1.54) is 6.07 Å². The van der Waals surface area contributed by atoms with Gasteiger partial charge in [-0.15, -0.1) is 0 Å². The summed E-state index contributed by atoms with van der Waals surface area (Å²) in [6.07, 6.45) is 8.45. The van der Waals surface area contributed by atoms with E-state index in [2.05, 4.69) is 45.9 Å². The maximum atomic E-state index is 14.1. The monoisotopic (exact) mass is 353 g/mol. The van der Waals surface area contributed by atoms with E-state index in [0.717, 1.165) is 35.2 Å². The van der Waals surface area contributed by atoms with E-state index >= 15 is 0 Å². The third-order valence-corrected chi connectivity index (χ3v) is 5.20. The zero-order valence-electron chi connectivity index (χ0n) is 13.5. The van der Waals surface area contributed by atoms with Crippen LogP contribution in [0.3, 0.4) is 0 Å². The lowest BCUT2D eigenvalue weighted by Crippen LogP contribution is -2.34. The van der Waals surface area contributed by atoms with Crippen LogP contribution in [0.15, 0.2) is 67.1 Å². The molecule has 1 aromatic heterocycles. The first-order chi connectivity index (χ1) is 12.2. The van der Waals surface area contributed by atoms with E-state index in [9.17, 15) is 4.39 Å². The Labute approximate surface area is 150 Å². The zero-order valence-corrected chi connectivity index (χ0v) is 14.2. The highest BCUT2D eigenvalue weighted by Crippen LogP contribution is 2.42. The fourth-order valence-corrected chi connectivity index (χ4v) is 3.77. The summed E-state index contributed by atoms with van der Waals surface area (Å²) in [4.78, 5) is 0. The smallest absolute Gasteiger partial charge is 0.142 e. The first-order valence-corrected chi connectivity index (χ1v) is 8.54. The lowest BCUT2D eigenvalue weighted by molar-refractivity contribution is 0.530. The number of nitrogens with one attached hydrogen (secondary N) is 2. The van der Waals surface area contributed by atoms with Crippen molar-refractivity contribution in [3.63, 3.8) is 0 Å². The zero-order chi connectivity index (χ0) is 17.3. The molecule has 0 saturated heterocycles. The molecule has 2 heterocycles. The molecule has 0 aliphatic carbocycles. The standard InChI is InChI=1S/C20H17ClFN3/c21-19-17(2-1-3-18(19)22)20(8-10-23-11-9-20)16-6-4-14(5-7-16)15-12-24-25-13-15/h1-8,10,12-13,23H,9,11H2,(H,24,25). The molecule has 0 fully saturated rings. The maximum absolute atomic E-state index is 14.1. The van der Waals surface area contributed by atoms with Crippen LogP contribution >= 0.6 is 11.6 Å². The molecule has 126 valence electrons. The molecule has 0 saturated carbocycles. The Bertz CT molecular complexity index is 903. The van der Waals surface area contributed by atoms with E-state index in [-0.39, 0.29) is 10.8 Å². The number of hydrogen-bond acceptors (Lipinski definition) is 2. The van der Waals surface area contributed by atoms with Gasteiger partial charge >= 0.3 is 0 Å². The second-order valence-electron chi connectivity index (χ2n) is 6.17. The van der Waals surface area contributed by atoms with Gasteiger partial charge in [-0.3, -0.25) is 5.10 Å². The number of halogens is 2. The Morgan fingerprint density at radius 1 is 1.08 bits per heavy atom. The van der Waals surface area contributed by atoms with Gasteiger partial charge in [0.2, 0.25) is 0 Å². The van der Waals surface area contributed by atoms with E-state index in [1.54, 1.807) is 12.3 Å². The van der Waals surface area contributed by atoms with Crippen LogP contribution in [-0.4, -0.2) is 16.7 Å². The molecule has 5 heteroatoms. The second-order valence-corrected chi connectivity index (χ2v) is 6.55. The van der Waals surface area contributed by atoms with E-state index < -0.39 is 5.41 Å². The fraction of sp³-hybridized carbons (Fsp3) is 0.150. The molecule has 1 aliphatic rings. The lowest BCUT2D eigenvalue weighted by Gasteiger charge is -2.35. The number of benzene rings is 2. The van der Waals surface area contributed by atoms with Crippen molar-refractivity contribution in [3.8, 4) is 11.1 Å². The molecule has 0 amide bonds. The summed E-state index contributed by atoms with van der Waals surface area (Å²) in [5, 5.41) is 10.2. The molecule has 3 aromatic rings. The van der Waals surface area contributed by atoms with Crippen LogP contribution in [-0.2, 0) is 5.41 Å². The summed E-state index contributed by atoms with van der Waals surface area (Å²) >= 11 is 6.34. The predicted octanol–water partition coefficient (Wildman–Crippen LogP) is 4.66. The minimum atomic E-state index is -0.445. The number of hydrogen-bond donors (Lipinski definition) is 2. The van der Waals surface area contributed by atoms with Crippen LogP contribution in [0.5, 0.6) is 0 Å². The van der Waals surface area contributed by atoms with Crippen molar-refractivity contribution >= 4 is 11.6 Å². The van der Waals surface area contributed by atoms with E-state index in [0.29, 0.717) is 0 Å². The summed E-state index contributed by atoms with van der Waals surface area (Å²) in [6.45, 7) is 0.798. The van der Waals surface area contributed by atoms with Gasteiger partial charge in [0, 0.05) is 23.7 Å². The van der Waals surface area contributed by atoms with Crippen LogP contribution in [0, 0.1) is 5.82 Å². The van der Waals surface area contributed by atoms with Crippen LogP contribution < -0.4 is 5.32 Å². The molecule has 2 N–H and O–H groups in total. The number of rotatable bonds is 3. The molecule has 4 rings (SSSR count). The summed E-state index contributed by atoms with van der Waals surface area (Å²) in [5.41, 5.74) is 3.55. The highest BCUT2D eigenvalue weighted by Gasteiger charge is 2.35. The van der Waals surface area contributed by atoms with Crippen LogP contribution in [0.1, 0.15) is 17.5 Å². The molecule has 1 unspecified atom stereocenters. The Morgan fingerprint density at radius 3 is 2.60 bits per heavy atom. The molecule has 25 heavy (non-hydrogen) atoms. The Morgan fingerprint density at radius 2 is 1.92 bits per heavy atom. The SMILES string of the molecule is Fc1cccc(C2(c3ccc(-c4cn[nH]c4)cc3)C=CNCC2)c1Cl. The summed E-state index contributed by atoms with van der Waals surface area (Å²) in [5.74, 6) is -0.388. The van der Waals surface area contributed by atoms with Gasteiger partial charge in [-0.05, 0) is 35.4 Å². The van der Waals surface area contributed by atoms with Gasteiger partial charge < -0.3 is 5.32 Å². The van der Waals surface area contributed by atoms with Crippen molar-refractivity contribution in [1.29, 1.82) is 0 Å². The molecular weight excluding hydrogens is 337 g/mol. The highest BCUT2D eigenvalue weighted by molar-refractivity contribution is 6.31. The van der Waals surface area contributed by atoms with Crippen LogP contribution in [0.25, 0.3) is 11.1 Å². The van der Waals surface area contributed by atoms with Gasteiger partial charge in [-0.1, -0.05) is 54.1 Å². The predicted molar refractivity (Wildman–Crippen MR) is 98.0 cm³/mol. The largest absolute Gasteiger partial charge is 0.391 e. The lowest BCUT2D eigenvalue weighted by atomic mass is 9.71. The molecule has 2 aromatic carbocycles. The van der Waals surface area contributed by atoms with Gasteiger partial charge in [0.1, 0.15) is 5.82 Å². The highest BCUT2D eigenvalue weighted by atomic mass is 35.5. The quantitative estimate of drug-likeness (QED) is 0.718. The number of aromatic nitrogens is 2. The van der Waals surface area contributed by atoms with Gasteiger partial charge in [-0.2, -0.15) is 5.10 Å². The summed E-state index contributed by atoms with van der Waals surface area (Å²) in [6, 6.07) is 13.3. The van der Waals surface area contributed by atoms with Crippen molar-refractivity contribution in [1.82, 2.24) is 15.5 Å². The molecule has 0 spiro atoms. The van der Waals surface area contributed by atoms with Crippen molar-refractivity contribution in [3.05, 3.63) is 89.1 Å². The average Bonchev–Trinajstić information content (AvgIpc) is 3.19. The number of allylic oxidation sites excluding steroid dienone is 1. The normalized spacial score (nSPS) is 19.6. The molecule has 3 nitrogen and oxygen atoms in total. The first-order valence-electron chi connectivity index (χ1n) is 8.16. The number of nitrogens with zero attached hydrogens (tertiary/aromatic N) is 1.